The maximum absolute atomic E-state index is 13.0. The average Bonchev–Trinajstić information content (AvgIpc) is 3.23. The first kappa shape index (κ1) is 59.5. The van der Waals surface area contributed by atoms with Crippen LogP contribution in [0.3, 0.4) is 0 Å². The Balaban J connectivity index is 2.60. The number of esters is 2. The first-order valence-electron chi connectivity index (χ1n) is 23.9. The van der Waals surface area contributed by atoms with Crippen molar-refractivity contribution in [2.75, 3.05) is 13.2 Å². The van der Waals surface area contributed by atoms with Crippen molar-refractivity contribution >= 4 is 27.6 Å². The summed E-state index contributed by atoms with van der Waals surface area (Å²) >= 11 is 0. The lowest BCUT2D eigenvalue weighted by molar-refractivity contribution is -0.216. The molecule has 1 fully saturated rings. The molecule has 370 valence electrons. The fourth-order valence-corrected chi connectivity index (χ4v) is 8.79. The molecule has 0 aromatic carbocycles. The lowest BCUT2D eigenvalue weighted by Crippen LogP contribution is -2.64. The molecule has 63 heavy (non-hydrogen) atoms. The number of aliphatic hydroxyl groups excluding tert-OH is 4. The van der Waals surface area contributed by atoms with Gasteiger partial charge in [-0.25, -0.2) is 9.13 Å². The minimum atomic E-state index is -5.36. The van der Waals surface area contributed by atoms with Crippen molar-refractivity contribution in [3.63, 3.8) is 0 Å². The van der Waals surface area contributed by atoms with Crippen LogP contribution in [0.5, 0.6) is 0 Å². The predicted molar refractivity (Wildman–Crippen MR) is 241 cm³/mol. The van der Waals surface area contributed by atoms with Gasteiger partial charge in [0.25, 0.3) is 0 Å². The van der Waals surface area contributed by atoms with Gasteiger partial charge >= 0.3 is 27.6 Å². The fraction of sp³-hybridized carbons (Fsp3) is 0.867. The molecular weight excluding hydrogens is 858 g/mol. The van der Waals surface area contributed by atoms with E-state index in [4.69, 9.17) is 28.3 Å². The molecule has 0 radical (unpaired) electrons. The van der Waals surface area contributed by atoms with Gasteiger partial charge in [-0.15, -0.1) is 0 Å². The minimum Gasteiger partial charge on any atom is -0.462 e. The summed E-state index contributed by atoms with van der Waals surface area (Å²) in [7, 11) is -10.7. The van der Waals surface area contributed by atoms with Gasteiger partial charge in [-0.3, -0.25) is 23.2 Å². The summed E-state index contributed by atoms with van der Waals surface area (Å²) < 4.78 is 49.4. The molecule has 1 aliphatic carbocycles. The van der Waals surface area contributed by atoms with Crippen LogP contribution in [0.2, 0.25) is 0 Å². The first-order chi connectivity index (χ1) is 30.1. The SMILES string of the molecule is CCCCCCC=CCCCCCCCCCC(=O)O[C@H](COC(=O)CCCCCCCC=CCCCCCCCC)COP(=O)(O)O[C@H]1C(O)C(O)C(O)[C@@H](OP(=O)(O)O)C1O. The Labute approximate surface area is 377 Å². The Morgan fingerprint density at radius 2 is 0.873 bits per heavy atom. The Morgan fingerprint density at radius 3 is 1.32 bits per heavy atom. The van der Waals surface area contributed by atoms with E-state index < -0.39 is 83.5 Å². The largest absolute Gasteiger partial charge is 0.472 e. The maximum Gasteiger partial charge on any atom is 0.472 e. The van der Waals surface area contributed by atoms with Gasteiger partial charge in [-0.2, -0.15) is 0 Å². The lowest BCUT2D eigenvalue weighted by Gasteiger charge is -2.43. The van der Waals surface area contributed by atoms with Gasteiger partial charge in [0.15, 0.2) is 6.10 Å². The third-order valence-electron chi connectivity index (χ3n) is 11.0. The number of rotatable bonds is 40. The summed E-state index contributed by atoms with van der Waals surface area (Å²) in [6.07, 6.45) is 22.8. The number of hydrogen-bond acceptors (Lipinski definition) is 13. The Morgan fingerprint density at radius 1 is 0.492 bits per heavy atom. The van der Waals surface area contributed by atoms with E-state index in [0.29, 0.717) is 12.8 Å². The summed E-state index contributed by atoms with van der Waals surface area (Å²) in [6, 6.07) is 0. The van der Waals surface area contributed by atoms with E-state index >= 15 is 0 Å². The molecule has 0 aromatic heterocycles. The number of hydrogen-bond donors (Lipinski definition) is 7. The molecule has 0 amide bonds. The minimum absolute atomic E-state index is 0.0390. The van der Waals surface area contributed by atoms with Crippen LogP contribution in [-0.2, 0) is 41.8 Å². The number of carbonyl (C=O) groups excluding carboxylic acids is 2. The number of phosphoric acid groups is 2. The summed E-state index contributed by atoms with van der Waals surface area (Å²) in [4.78, 5) is 54.2. The molecule has 18 heteroatoms. The van der Waals surface area contributed by atoms with Gasteiger partial charge in [0.2, 0.25) is 0 Å². The summed E-state index contributed by atoms with van der Waals surface area (Å²) in [6.45, 7) is 3.09. The van der Waals surface area contributed by atoms with Gasteiger partial charge in [-0.1, -0.05) is 141 Å². The summed E-state index contributed by atoms with van der Waals surface area (Å²) in [5.41, 5.74) is 0. The van der Waals surface area contributed by atoms with E-state index in [1.165, 1.54) is 64.2 Å². The predicted octanol–water partition coefficient (Wildman–Crippen LogP) is 8.95. The summed E-state index contributed by atoms with van der Waals surface area (Å²) in [5.74, 6) is -1.22. The van der Waals surface area contributed by atoms with E-state index in [9.17, 15) is 44.0 Å². The van der Waals surface area contributed by atoms with Gasteiger partial charge in [0.1, 0.15) is 43.2 Å². The van der Waals surface area contributed by atoms with Crippen molar-refractivity contribution in [1.29, 1.82) is 0 Å². The number of phosphoric ester groups is 2. The van der Waals surface area contributed by atoms with Crippen molar-refractivity contribution in [3.05, 3.63) is 24.3 Å². The average molecular weight is 943 g/mol. The van der Waals surface area contributed by atoms with Crippen LogP contribution >= 0.6 is 15.6 Å². The molecule has 0 aromatic rings. The highest BCUT2D eigenvalue weighted by Gasteiger charge is 2.54. The quantitative estimate of drug-likeness (QED) is 0.0131. The van der Waals surface area contributed by atoms with E-state index in [1.807, 2.05) is 0 Å². The monoisotopic (exact) mass is 943 g/mol. The standard InChI is InChI=1S/C45H84O16P2/c1-3-5-7-9-11-13-15-17-19-21-23-25-27-29-31-33-38(46)57-35-37(59-39(47)34-32-30-28-26-24-22-20-18-16-14-12-10-8-6-4-2)36-58-63(55,56)61-45-42(50)40(48)41(49)44(43(45)51)60-62(52,53)54/h14,16-17,19,37,40-45,48-51H,3-13,15,18,20-36H2,1-2H3,(H,55,56)(H2,52,53,54)/t37-,40?,41?,42?,43?,44-,45+/m1/s1. The molecule has 5 unspecified atom stereocenters. The zero-order valence-electron chi connectivity index (χ0n) is 38.3. The molecule has 8 atom stereocenters. The molecular formula is C45H84O16P2. The molecule has 0 heterocycles. The Kier molecular flexibility index (Phi) is 34.5. The second-order valence-electron chi connectivity index (χ2n) is 16.8. The normalized spacial score (nSPS) is 22.1. The van der Waals surface area contributed by atoms with Gasteiger partial charge in [0, 0.05) is 12.8 Å². The van der Waals surface area contributed by atoms with E-state index in [0.717, 1.165) is 89.9 Å². The van der Waals surface area contributed by atoms with Crippen LogP contribution < -0.4 is 0 Å². The molecule has 1 rings (SSSR count). The molecule has 7 N–H and O–H groups in total. The molecule has 1 saturated carbocycles. The molecule has 0 spiro atoms. The summed E-state index contributed by atoms with van der Waals surface area (Å²) in [5, 5.41) is 41.2. The lowest BCUT2D eigenvalue weighted by atomic mass is 9.85. The topological polar surface area (TPSA) is 256 Å². The first-order valence-corrected chi connectivity index (χ1v) is 26.9. The van der Waals surface area contributed by atoms with Crippen LogP contribution in [0, 0.1) is 0 Å². The maximum atomic E-state index is 13.0. The zero-order valence-corrected chi connectivity index (χ0v) is 40.1. The van der Waals surface area contributed by atoms with Gasteiger partial charge in [0.05, 0.1) is 6.61 Å². The zero-order chi connectivity index (χ0) is 46.8. The third-order valence-corrected chi connectivity index (χ3v) is 12.5. The highest BCUT2D eigenvalue weighted by atomic mass is 31.2. The van der Waals surface area contributed by atoms with Crippen LogP contribution in [0.25, 0.3) is 0 Å². The number of carbonyl (C=O) groups is 2. The second-order valence-corrected chi connectivity index (χ2v) is 19.4. The number of allylic oxidation sites excluding steroid dienone is 4. The van der Waals surface area contributed by atoms with Crippen molar-refractivity contribution in [1.82, 2.24) is 0 Å². The molecule has 16 nitrogen and oxygen atoms in total. The molecule has 0 bridgehead atoms. The van der Waals surface area contributed by atoms with Crippen molar-refractivity contribution in [2.45, 2.75) is 236 Å². The molecule has 0 saturated heterocycles. The van der Waals surface area contributed by atoms with Gasteiger partial charge < -0.3 is 44.6 Å². The fourth-order valence-electron chi connectivity index (χ4n) is 7.25. The number of ether oxygens (including phenoxy) is 2. The van der Waals surface area contributed by atoms with Crippen molar-refractivity contribution < 1.29 is 76.9 Å². The highest BCUT2D eigenvalue weighted by Crippen LogP contribution is 2.49. The van der Waals surface area contributed by atoms with Crippen molar-refractivity contribution in [3.8, 4) is 0 Å². The van der Waals surface area contributed by atoms with Gasteiger partial charge in [-0.05, 0) is 64.2 Å². The Bertz CT molecular complexity index is 1330. The van der Waals surface area contributed by atoms with E-state index in [1.54, 1.807) is 0 Å². The molecule has 0 aliphatic heterocycles. The number of aliphatic hydroxyl groups is 4. The van der Waals surface area contributed by atoms with Crippen LogP contribution in [0.4, 0.5) is 0 Å². The molecule has 1 aliphatic rings. The van der Waals surface area contributed by atoms with Crippen LogP contribution in [-0.4, -0.2) is 103 Å². The smallest absolute Gasteiger partial charge is 0.462 e. The van der Waals surface area contributed by atoms with Crippen LogP contribution in [0.1, 0.15) is 194 Å². The Hall–Kier alpha value is -1.52. The van der Waals surface area contributed by atoms with E-state index in [-0.39, 0.29) is 12.8 Å². The van der Waals surface area contributed by atoms with E-state index in [2.05, 4.69) is 42.7 Å². The number of unbranched alkanes of at least 4 members (excludes halogenated alkanes) is 22. The third kappa shape index (κ3) is 31.2. The highest BCUT2D eigenvalue weighted by molar-refractivity contribution is 7.47. The second kappa shape index (κ2) is 36.6. The van der Waals surface area contributed by atoms with Crippen molar-refractivity contribution in [2.24, 2.45) is 0 Å². The van der Waals surface area contributed by atoms with Crippen LogP contribution in [0.15, 0.2) is 24.3 Å².